The Balaban J connectivity index is 1.77. The van der Waals surface area contributed by atoms with Crippen molar-refractivity contribution in [3.05, 3.63) is 0 Å². The Bertz CT molecular complexity index is 1570. The number of hydroxylamine groups is 1. The minimum absolute atomic E-state index is 0.0000142. The third-order valence-electron chi connectivity index (χ3n) is 10.1. The van der Waals surface area contributed by atoms with Crippen LogP contribution in [-0.4, -0.2) is 137 Å². The number of nitrogens with one attached hydrogen (secondary N) is 9. The zero-order valence-corrected chi connectivity index (χ0v) is 37.3. The molecule has 1 unspecified atom stereocenters. The molecule has 22 nitrogen and oxygen atoms in total. The van der Waals surface area contributed by atoms with E-state index in [1.807, 2.05) is 25.6 Å². The fourth-order valence-electron chi connectivity index (χ4n) is 6.87. The van der Waals surface area contributed by atoms with Crippen LogP contribution >= 0.6 is 23.5 Å². The molecule has 0 aromatic rings. The average Bonchev–Trinajstić information content (AvgIpc) is 3.78. The third-order valence-corrected chi connectivity index (χ3v) is 12.3. The van der Waals surface area contributed by atoms with Crippen molar-refractivity contribution < 1.29 is 53.2 Å². The predicted octanol–water partition coefficient (Wildman–Crippen LogP) is -2.25. The molecule has 2 aliphatic rings. The highest BCUT2D eigenvalue weighted by molar-refractivity contribution is 8.00. The first-order valence-electron chi connectivity index (χ1n) is 20.8. The fourth-order valence-corrected chi connectivity index (χ4v) is 8.88. The molecule has 2 heterocycles. The van der Waals surface area contributed by atoms with Gasteiger partial charge in [0.25, 0.3) is 0 Å². The van der Waals surface area contributed by atoms with E-state index in [0.29, 0.717) is 36.8 Å². The summed E-state index contributed by atoms with van der Waals surface area (Å²) in [6.07, 6.45) is 5.36. The summed E-state index contributed by atoms with van der Waals surface area (Å²) in [7, 11) is 0. The molecule has 0 aromatic heterocycles. The number of unbranched alkanes of at least 4 members (excludes halogenated alkanes) is 2. The van der Waals surface area contributed by atoms with Crippen LogP contribution in [0.15, 0.2) is 0 Å². The lowest BCUT2D eigenvalue weighted by Gasteiger charge is -2.25. The van der Waals surface area contributed by atoms with E-state index in [2.05, 4.69) is 42.5 Å². The van der Waals surface area contributed by atoms with E-state index in [9.17, 15) is 47.9 Å². The second-order valence-electron chi connectivity index (χ2n) is 15.7. The molecule has 0 radical (unpaired) electrons. The van der Waals surface area contributed by atoms with Crippen molar-refractivity contribution >= 4 is 82.7 Å². The van der Waals surface area contributed by atoms with E-state index >= 15 is 0 Å². The van der Waals surface area contributed by atoms with Gasteiger partial charge in [-0.1, -0.05) is 20.3 Å². The van der Waals surface area contributed by atoms with Gasteiger partial charge in [-0.15, -0.1) is 0 Å². The molecule has 0 aliphatic carbocycles. The predicted molar refractivity (Wildman–Crippen MR) is 231 cm³/mol. The number of carbonyl (C=O) groups is 10. The molecule has 62 heavy (non-hydrogen) atoms. The summed E-state index contributed by atoms with van der Waals surface area (Å²) in [5.74, 6) is -5.71. The number of carbonyl (C=O) groups excluding carboxylic acids is 10. The summed E-state index contributed by atoms with van der Waals surface area (Å²) in [6.45, 7) is 2.86. The van der Waals surface area contributed by atoms with Crippen LogP contribution in [0.5, 0.6) is 0 Å². The van der Waals surface area contributed by atoms with Crippen LogP contribution in [0.4, 0.5) is 4.79 Å². The van der Waals surface area contributed by atoms with Gasteiger partial charge in [0.2, 0.25) is 53.2 Å². The van der Waals surface area contributed by atoms with Crippen LogP contribution in [0.2, 0.25) is 0 Å². The van der Waals surface area contributed by atoms with Crippen molar-refractivity contribution in [3.63, 3.8) is 0 Å². The van der Waals surface area contributed by atoms with Gasteiger partial charge in [0.1, 0.15) is 18.1 Å². The molecule has 11 amide bonds. The van der Waals surface area contributed by atoms with Gasteiger partial charge in [-0.25, -0.2) is 10.3 Å². The largest absolute Gasteiger partial charge is 0.370 e. The van der Waals surface area contributed by atoms with Crippen LogP contribution in [-0.2, 0) is 43.2 Å². The van der Waals surface area contributed by atoms with Crippen LogP contribution in [0.1, 0.15) is 90.9 Å². The van der Waals surface area contributed by atoms with Crippen molar-refractivity contribution in [2.24, 2.45) is 23.3 Å². The number of nitrogens with two attached hydrogens (primary N) is 2. The van der Waals surface area contributed by atoms with Crippen molar-refractivity contribution in [3.8, 4) is 0 Å². The van der Waals surface area contributed by atoms with Crippen LogP contribution in [0, 0.1) is 11.8 Å². The maximum atomic E-state index is 13.4. The minimum Gasteiger partial charge on any atom is -0.370 e. The zero-order chi connectivity index (χ0) is 46.2. The number of rotatable bonds is 31. The van der Waals surface area contributed by atoms with Gasteiger partial charge < -0.3 is 54.0 Å². The van der Waals surface area contributed by atoms with E-state index in [0.717, 1.165) is 25.0 Å². The molecule has 0 spiro atoms. The number of thioether (sulfide) groups is 2. The smallest absolute Gasteiger partial charge is 0.315 e. The standard InChI is InChI=1S/C38H65N11O11S2/c1-21(2)16-22(17-30(52)49-60)35(56)45-25(13-15-61-3)37(58)46-24(11-12-28(39)50)36(57)43-18-31(53)42-19-32(54)44-23(34(40)55)8-6-7-14-41-29(51)10-5-4-9-27-33-26(20-62-27)47-38(59)48-33/h21-27,33,60H,4-20H2,1-3H3,(H2,39,50)(H2,40,55)(H,41,51)(H,42,53)(H,43,57)(H,44,54)(H,45,56)(H,46,58)(H,49,52)(H2,47,48,59)/t22?,23-,24-,25-,26-,27-,33-/m0/s1. The fraction of sp³-hybridized carbons (Fsp3) is 0.737. The highest BCUT2D eigenvalue weighted by Gasteiger charge is 2.42. The first-order valence-corrected chi connectivity index (χ1v) is 23.3. The topological polar surface area (TPSA) is 351 Å². The van der Waals surface area contributed by atoms with E-state index in [-0.39, 0.29) is 68.5 Å². The van der Waals surface area contributed by atoms with Gasteiger partial charge in [0.05, 0.1) is 25.2 Å². The summed E-state index contributed by atoms with van der Waals surface area (Å²) in [6, 6.07) is -3.37. The maximum Gasteiger partial charge on any atom is 0.315 e. The summed E-state index contributed by atoms with van der Waals surface area (Å²) >= 11 is 3.22. The summed E-state index contributed by atoms with van der Waals surface area (Å²) in [4.78, 5) is 124. The Hall–Kier alpha value is -4.84. The van der Waals surface area contributed by atoms with Gasteiger partial charge in [0, 0.05) is 42.7 Å². The van der Waals surface area contributed by atoms with Crippen molar-refractivity contribution in [1.82, 2.24) is 48.0 Å². The highest BCUT2D eigenvalue weighted by atomic mass is 32.2. The average molecular weight is 916 g/mol. The SMILES string of the molecule is CSCC[C@H](NC(=O)C(CC(=O)NO)CC(C)C)C(=O)N[C@@H](CCC(N)=O)C(=O)NCC(=O)NCC(=O)N[C@@H](CCCCNC(=O)CCCC[C@@H]1SC[C@@H]2NC(=O)N[C@@H]21)C(N)=O. The summed E-state index contributed by atoms with van der Waals surface area (Å²) < 4.78 is 0. The highest BCUT2D eigenvalue weighted by Crippen LogP contribution is 2.33. The molecule has 0 aromatic carbocycles. The quantitative estimate of drug-likeness (QED) is 0.0152. The van der Waals surface area contributed by atoms with E-state index in [1.54, 1.807) is 6.26 Å². The molecule has 0 saturated carbocycles. The first-order chi connectivity index (χ1) is 29.4. The number of primary amides is 2. The Morgan fingerprint density at radius 1 is 0.758 bits per heavy atom. The summed E-state index contributed by atoms with van der Waals surface area (Å²) in [5.41, 5.74) is 12.3. The molecule has 2 aliphatic heterocycles. The lowest BCUT2D eigenvalue weighted by molar-refractivity contribution is -0.137. The van der Waals surface area contributed by atoms with Gasteiger partial charge in [-0.3, -0.25) is 48.4 Å². The third kappa shape index (κ3) is 20.8. The van der Waals surface area contributed by atoms with Gasteiger partial charge >= 0.3 is 6.03 Å². The van der Waals surface area contributed by atoms with Crippen LogP contribution < -0.4 is 59.5 Å². The first kappa shape index (κ1) is 53.3. The van der Waals surface area contributed by atoms with Gasteiger partial charge in [-0.2, -0.15) is 23.5 Å². The maximum absolute atomic E-state index is 13.4. The lowest BCUT2D eigenvalue weighted by Crippen LogP contribution is -2.55. The molecular formula is C38H65N11O11S2. The number of hydrogen-bond acceptors (Lipinski definition) is 13. The van der Waals surface area contributed by atoms with Crippen LogP contribution in [0.3, 0.4) is 0 Å². The summed E-state index contributed by atoms with van der Waals surface area (Å²) in [5, 5.41) is 30.3. The molecular weight excluding hydrogens is 851 g/mol. The van der Waals surface area contributed by atoms with Crippen molar-refractivity contribution in [1.29, 1.82) is 0 Å². The molecule has 14 N–H and O–H groups in total. The monoisotopic (exact) mass is 915 g/mol. The minimum atomic E-state index is -1.35. The number of fused-ring (bicyclic) bond motifs is 1. The molecule has 2 rings (SSSR count). The number of urea groups is 1. The normalized spacial score (nSPS) is 18.4. The van der Waals surface area contributed by atoms with Crippen molar-refractivity contribution in [2.75, 3.05) is 37.4 Å². The lowest BCUT2D eigenvalue weighted by atomic mass is 9.92. The van der Waals surface area contributed by atoms with Crippen LogP contribution in [0.25, 0.3) is 0 Å². The Morgan fingerprint density at radius 2 is 1.45 bits per heavy atom. The molecule has 0 bridgehead atoms. The second kappa shape index (κ2) is 28.7. The Labute approximate surface area is 369 Å². The molecule has 24 heteroatoms. The van der Waals surface area contributed by atoms with Gasteiger partial charge in [-0.05, 0) is 69.3 Å². The van der Waals surface area contributed by atoms with E-state index in [1.165, 1.54) is 17.2 Å². The Morgan fingerprint density at radius 3 is 2.11 bits per heavy atom. The van der Waals surface area contributed by atoms with E-state index < -0.39 is 84.4 Å². The second-order valence-corrected chi connectivity index (χ2v) is 18.0. The molecule has 350 valence electrons. The van der Waals surface area contributed by atoms with Gasteiger partial charge in [0.15, 0.2) is 0 Å². The molecule has 2 saturated heterocycles. The van der Waals surface area contributed by atoms with E-state index in [4.69, 9.17) is 16.7 Å². The number of hydrogen-bond donors (Lipinski definition) is 12. The number of amides is 11. The molecule has 7 atom stereocenters. The Kier molecular flexibility index (Phi) is 24.7. The molecule has 2 fully saturated rings. The van der Waals surface area contributed by atoms with Crippen molar-refractivity contribution in [2.45, 2.75) is 126 Å². The zero-order valence-electron chi connectivity index (χ0n) is 35.6.